The van der Waals surface area contributed by atoms with Gasteiger partial charge < -0.3 is 5.32 Å². The normalized spacial score (nSPS) is 10.3. The SMILES string of the molecule is O=C(Cc1ccccc1F)NCCc1cn[nH]c1. The number of rotatable bonds is 5. The van der Waals surface area contributed by atoms with Gasteiger partial charge in [0, 0.05) is 12.7 Å². The largest absolute Gasteiger partial charge is 0.355 e. The van der Waals surface area contributed by atoms with Crippen molar-refractivity contribution in [2.45, 2.75) is 12.8 Å². The Morgan fingerprint density at radius 3 is 2.94 bits per heavy atom. The molecule has 2 rings (SSSR count). The molecule has 0 fully saturated rings. The highest BCUT2D eigenvalue weighted by Crippen LogP contribution is 2.06. The molecule has 0 aliphatic heterocycles. The molecule has 0 bridgehead atoms. The standard InChI is InChI=1S/C13H14FN3O/c14-12-4-2-1-3-11(12)7-13(18)15-6-5-10-8-16-17-9-10/h1-4,8-9H,5-7H2,(H,15,18)(H,16,17). The smallest absolute Gasteiger partial charge is 0.224 e. The lowest BCUT2D eigenvalue weighted by Gasteiger charge is -2.05. The van der Waals surface area contributed by atoms with Crippen LogP contribution < -0.4 is 5.32 Å². The molecule has 1 amide bonds. The van der Waals surface area contributed by atoms with E-state index in [1.54, 1.807) is 30.6 Å². The molecule has 2 aromatic rings. The van der Waals surface area contributed by atoms with Gasteiger partial charge in [-0.05, 0) is 23.6 Å². The van der Waals surface area contributed by atoms with E-state index in [9.17, 15) is 9.18 Å². The van der Waals surface area contributed by atoms with Gasteiger partial charge in [-0.3, -0.25) is 9.89 Å². The molecule has 1 aromatic carbocycles. The molecule has 0 spiro atoms. The number of amides is 1. The van der Waals surface area contributed by atoms with Gasteiger partial charge in [0.25, 0.3) is 0 Å². The van der Waals surface area contributed by atoms with E-state index in [1.807, 2.05) is 0 Å². The molecule has 0 saturated carbocycles. The summed E-state index contributed by atoms with van der Waals surface area (Å²) in [7, 11) is 0. The van der Waals surface area contributed by atoms with Crippen LogP contribution in [0.3, 0.4) is 0 Å². The summed E-state index contributed by atoms with van der Waals surface area (Å²) in [5.74, 6) is -0.522. The van der Waals surface area contributed by atoms with Gasteiger partial charge in [0.15, 0.2) is 0 Å². The topological polar surface area (TPSA) is 57.8 Å². The third kappa shape index (κ3) is 3.41. The van der Waals surface area contributed by atoms with E-state index in [2.05, 4.69) is 15.5 Å². The van der Waals surface area contributed by atoms with E-state index < -0.39 is 0 Å². The van der Waals surface area contributed by atoms with E-state index in [0.717, 1.165) is 5.56 Å². The predicted molar refractivity (Wildman–Crippen MR) is 65.4 cm³/mol. The Hall–Kier alpha value is -2.17. The summed E-state index contributed by atoms with van der Waals surface area (Å²) in [4.78, 5) is 11.6. The van der Waals surface area contributed by atoms with Crippen LogP contribution in [0.25, 0.3) is 0 Å². The Morgan fingerprint density at radius 2 is 2.22 bits per heavy atom. The zero-order valence-electron chi connectivity index (χ0n) is 9.82. The second kappa shape index (κ2) is 5.95. The quantitative estimate of drug-likeness (QED) is 0.840. The summed E-state index contributed by atoms with van der Waals surface area (Å²) >= 11 is 0. The van der Waals surface area contributed by atoms with Gasteiger partial charge in [-0.25, -0.2) is 4.39 Å². The van der Waals surface area contributed by atoms with Gasteiger partial charge in [0.05, 0.1) is 12.6 Å². The Balaban J connectivity index is 1.77. The molecule has 0 aliphatic carbocycles. The molecule has 4 nitrogen and oxygen atoms in total. The number of hydrogen-bond donors (Lipinski definition) is 2. The van der Waals surface area contributed by atoms with E-state index in [-0.39, 0.29) is 18.1 Å². The van der Waals surface area contributed by atoms with Crippen molar-refractivity contribution in [1.29, 1.82) is 0 Å². The summed E-state index contributed by atoms with van der Waals surface area (Å²) in [5.41, 5.74) is 1.44. The van der Waals surface area contributed by atoms with E-state index in [4.69, 9.17) is 0 Å². The van der Waals surface area contributed by atoms with E-state index in [1.165, 1.54) is 6.07 Å². The van der Waals surface area contributed by atoms with Crippen LogP contribution >= 0.6 is 0 Å². The second-order valence-electron chi connectivity index (χ2n) is 3.97. The Morgan fingerprint density at radius 1 is 1.39 bits per heavy atom. The number of carbonyl (C=O) groups excluding carboxylic acids is 1. The van der Waals surface area contributed by atoms with Crippen LogP contribution in [0.5, 0.6) is 0 Å². The number of benzene rings is 1. The number of nitrogens with one attached hydrogen (secondary N) is 2. The minimum atomic E-state index is -0.345. The first-order valence-corrected chi connectivity index (χ1v) is 5.73. The van der Waals surface area contributed by atoms with Crippen molar-refractivity contribution in [3.05, 3.63) is 53.6 Å². The van der Waals surface area contributed by atoms with Gasteiger partial charge in [0.2, 0.25) is 5.91 Å². The summed E-state index contributed by atoms with van der Waals surface area (Å²) in [6.45, 7) is 0.521. The average Bonchev–Trinajstić information content (AvgIpc) is 2.85. The molecule has 0 unspecified atom stereocenters. The number of aromatic amines is 1. The zero-order chi connectivity index (χ0) is 12.8. The zero-order valence-corrected chi connectivity index (χ0v) is 9.82. The lowest BCUT2D eigenvalue weighted by atomic mass is 10.1. The molecule has 0 radical (unpaired) electrons. The molecular formula is C13H14FN3O. The van der Waals surface area contributed by atoms with Gasteiger partial charge in [0.1, 0.15) is 5.82 Å². The average molecular weight is 247 g/mol. The molecular weight excluding hydrogens is 233 g/mol. The molecule has 2 N–H and O–H groups in total. The highest BCUT2D eigenvalue weighted by Gasteiger charge is 2.06. The van der Waals surface area contributed by atoms with E-state index >= 15 is 0 Å². The monoisotopic (exact) mass is 247 g/mol. The highest BCUT2D eigenvalue weighted by atomic mass is 19.1. The maximum Gasteiger partial charge on any atom is 0.224 e. The number of H-pyrrole nitrogens is 1. The lowest BCUT2D eigenvalue weighted by Crippen LogP contribution is -2.27. The minimum Gasteiger partial charge on any atom is -0.355 e. The molecule has 0 aliphatic rings. The third-order valence-corrected chi connectivity index (χ3v) is 2.60. The van der Waals surface area contributed by atoms with Crippen LogP contribution in [0.2, 0.25) is 0 Å². The summed E-state index contributed by atoms with van der Waals surface area (Å²) in [5, 5.41) is 9.26. The van der Waals surface area contributed by atoms with Crippen LogP contribution in [0, 0.1) is 5.82 Å². The van der Waals surface area contributed by atoms with Crippen molar-refractivity contribution in [3.8, 4) is 0 Å². The van der Waals surface area contributed by atoms with Crippen LogP contribution in [0.15, 0.2) is 36.7 Å². The first-order valence-electron chi connectivity index (χ1n) is 5.73. The number of halogens is 1. The first kappa shape index (κ1) is 12.3. The number of carbonyl (C=O) groups is 1. The van der Waals surface area contributed by atoms with Crippen molar-refractivity contribution >= 4 is 5.91 Å². The van der Waals surface area contributed by atoms with Crippen LogP contribution in [-0.4, -0.2) is 22.6 Å². The second-order valence-corrected chi connectivity index (χ2v) is 3.97. The minimum absolute atomic E-state index is 0.0675. The Kier molecular flexibility index (Phi) is 4.06. The molecule has 1 heterocycles. The van der Waals surface area contributed by atoms with Crippen molar-refractivity contribution in [2.24, 2.45) is 0 Å². The number of nitrogens with zero attached hydrogens (tertiary/aromatic N) is 1. The maximum atomic E-state index is 13.3. The van der Waals surface area contributed by atoms with Crippen molar-refractivity contribution in [1.82, 2.24) is 15.5 Å². The van der Waals surface area contributed by atoms with Crippen LogP contribution in [0.1, 0.15) is 11.1 Å². The van der Waals surface area contributed by atoms with Gasteiger partial charge in [-0.15, -0.1) is 0 Å². The number of hydrogen-bond acceptors (Lipinski definition) is 2. The highest BCUT2D eigenvalue weighted by molar-refractivity contribution is 5.78. The van der Waals surface area contributed by atoms with Crippen LogP contribution in [-0.2, 0) is 17.6 Å². The summed E-state index contributed by atoms with van der Waals surface area (Å²) in [6, 6.07) is 6.30. The summed E-state index contributed by atoms with van der Waals surface area (Å²) in [6.07, 6.45) is 4.27. The van der Waals surface area contributed by atoms with Crippen molar-refractivity contribution < 1.29 is 9.18 Å². The maximum absolute atomic E-state index is 13.3. The Labute approximate surface area is 104 Å². The van der Waals surface area contributed by atoms with Gasteiger partial charge in [-0.2, -0.15) is 5.10 Å². The fourth-order valence-electron chi connectivity index (χ4n) is 1.64. The number of aromatic nitrogens is 2. The molecule has 1 aromatic heterocycles. The fourth-order valence-corrected chi connectivity index (χ4v) is 1.64. The molecule has 5 heteroatoms. The first-order chi connectivity index (χ1) is 8.75. The summed E-state index contributed by atoms with van der Waals surface area (Å²) < 4.78 is 13.3. The Bertz CT molecular complexity index is 511. The van der Waals surface area contributed by atoms with Crippen LogP contribution in [0.4, 0.5) is 4.39 Å². The lowest BCUT2D eigenvalue weighted by molar-refractivity contribution is -0.120. The molecule has 94 valence electrons. The predicted octanol–water partition coefficient (Wildman–Crippen LogP) is 1.45. The van der Waals surface area contributed by atoms with Gasteiger partial charge in [-0.1, -0.05) is 18.2 Å². The third-order valence-electron chi connectivity index (χ3n) is 2.60. The fraction of sp³-hybridized carbons (Fsp3) is 0.231. The van der Waals surface area contributed by atoms with Crippen molar-refractivity contribution in [3.63, 3.8) is 0 Å². The van der Waals surface area contributed by atoms with E-state index in [0.29, 0.717) is 18.5 Å². The van der Waals surface area contributed by atoms with Crippen molar-refractivity contribution in [2.75, 3.05) is 6.54 Å². The molecule has 18 heavy (non-hydrogen) atoms. The van der Waals surface area contributed by atoms with Gasteiger partial charge >= 0.3 is 0 Å². The molecule has 0 saturated heterocycles. The molecule has 0 atom stereocenters.